The molecule has 9 nitrogen and oxygen atoms in total. The van der Waals surface area contributed by atoms with Gasteiger partial charge in [-0.15, -0.1) is 0 Å². The number of aliphatic hydroxyl groups excluding tert-OH is 2. The molecule has 4 atom stereocenters. The normalized spacial score (nSPS) is 29.8. The molecule has 6 aliphatic rings. The number of nitrogens with zero attached hydrogens (tertiary/aromatic N) is 4. The van der Waals surface area contributed by atoms with E-state index in [4.69, 9.17) is 0 Å². The number of allylic oxidation sites excluding steroid dienone is 9. The molecule has 9 heteroatoms. The number of β-amino-alcohol motifs (C(OH)–C–C–N with tert-alkyl or cyclic N) is 2. The number of barbiturate groups is 1. The lowest BCUT2D eigenvalue weighted by atomic mass is 9.69. The first-order valence-electron chi connectivity index (χ1n) is 24.0. The van der Waals surface area contributed by atoms with Gasteiger partial charge in [0.1, 0.15) is 5.57 Å². The number of hydrogen-bond acceptors (Lipinski definition) is 7. The Morgan fingerprint density at radius 3 is 1.33 bits per heavy atom. The van der Waals surface area contributed by atoms with Crippen LogP contribution in [0.25, 0.3) is 0 Å². The number of benzene rings is 2. The lowest BCUT2D eigenvalue weighted by Gasteiger charge is -2.49. The van der Waals surface area contributed by atoms with Crippen LogP contribution < -0.4 is 9.80 Å². The van der Waals surface area contributed by atoms with E-state index in [1.807, 2.05) is 12.1 Å². The minimum Gasteiger partial charge on any atom is -0.395 e. The van der Waals surface area contributed by atoms with Crippen molar-refractivity contribution in [1.29, 1.82) is 0 Å². The van der Waals surface area contributed by atoms with Gasteiger partial charge in [0, 0.05) is 58.8 Å². The van der Waals surface area contributed by atoms with Gasteiger partial charge in [-0.05, 0) is 126 Å². The van der Waals surface area contributed by atoms with Crippen molar-refractivity contribution >= 4 is 29.2 Å². The standard InChI is InChI=1S/C55H72N4O5/c1-35-29-39(33-52(3,4)31-35)58-49(62)48(50(63)59(51(58)64)40-30-36(2)32-53(5,6)34-40)47-37(21-23-45-54(7,8)41-15-11-13-17-43(41)56(45)25-27-60)19-20-38(47)22-24-46-55(9,10)42-16-12-14-18-44(42)57(46)26-28-61/h11-18,21-24,35-36,39-40,60-61H,19-20,25-34H2,1-10H3/b37-21+,38-22+,45-23+,46-24+. The Morgan fingerprint density at radius 1 is 0.562 bits per heavy atom. The summed E-state index contributed by atoms with van der Waals surface area (Å²) in [6.07, 6.45) is 14.4. The van der Waals surface area contributed by atoms with Gasteiger partial charge in [0.05, 0.1) is 13.2 Å². The molecule has 3 aliphatic heterocycles. The number of imide groups is 2. The first-order valence-corrected chi connectivity index (χ1v) is 24.0. The van der Waals surface area contributed by atoms with E-state index in [1.54, 1.807) is 0 Å². The van der Waals surface area contributed by atoms with Crippen LogP contribution in [0, 0.1) is 22.7 Å². The minimum absolute atomic E-state index is 0.0153. The molecule has 2 aromatic rings. The topological polar surface area (TPSA) is 105 Å². The minimum atomic E-state index is -0.482. The second-order valence-corrected chi connectivity index (χ2v) is 22.5. The Labute approximate surface area is 382 Å². The number of anilines is 2. The molecule has 3 aliphatic carbocycles. The maximum absolute atomic E-state index is 15.6. The molecule has 1 saturated heterocycles. The van der Waals surface area contributed by atoms with Gasteiger partial charge >= 0.3 is 6.03 Å². The number of rotatable bonds is 8. The van der Waals surface area contributed by atoms with Crippen molar-refractivity contribution in [2.45, 2.75) is 144 Å². The maximum Gasteiger partial charge on any atom is 0.334 e. The zero-order chi connectivity index (χ0) is 46.1. The first-order chi connectivity index (χ1) is 30.2. The third-order valence-electron chi connectivity index (χ3n) is 15.4. The summed E-state index contributed by atoms with van der Waals surface area (Å²) in [4.78, 5) is 53.7. The van der Waals surface area contributed by atoms with Gasteiger partial charge in [-0.1, -0.05) is 118 Å². The highest BCUT2D eigenvalue weighted by Crippen LogP contribution is 2.51. The molecule has 4 unspecified atom stereocenters. The van der Waals surface area contributed by atoms with Crippen LogP contribution in [0.2, 0.25) is 0 Å². The third-order valence-corrected chi connectivity index (χ3v) is 15.4. The Kier molecular flexibility index (Phi) is 12.1. The average Bonchev–Trinajstić information content (AvgIpc) is 3.76. The Bertz CT molecular complexity index is 2220. The summed E-state index contributed by atoms with van der Waals surface area (Å²) in [5, 5.41) is 20.5. The number of aliphatic hydroxyl groups is 2. The summed E-state index contributed by atoms with van der Waals surface area (Å²) in [5.41, 5.74) is 8.12. The molecule has 3 saturated carbocycles. The Balaban J connectivity index is 1.35. The molecule has 2 aromatic carbocycles. The second-order valence-electron chi connectivity index (χ2n) is 22.5. The molecule has 0 radical (unpaired) electrons. The summed E-state index contributed by atoms with van der Waals surface area (Å²) in [6, 6.07) is 15.5. The molecule has 2 N–H and O–H groups in total. The van der Waals surface area contributed by atoms with Crippen LogP contribution in [0.5, 0.6) is 0 Å². The van der Waals surface area contributed by atoms with Gasteiger partial charge in [-0.3, -0.25) is 19.4 Å². The highest BCUT2D eigenvalue weighted by Gasteiger charge is 2.53. The Morgan fingerprint density at radius 2 is 0.953 bits per heavy atom. The smallest absolute Gasteiger partial charge is 0.334 e. The van der Waals surface area contributed by atoms with Crippen LogP contribution in [0.4, 0.5) is 16.2 Å². The van der Waals surface area contributed by atoms with E-state index in [9.17, 15) is 10.2 Å². The van der Waals surface area contributed by atoms with Crippen LogP contribution in [0.3, 0.4) is 0 Å². The van der Waals surface area contributed by atoms with E-state index in [-0.39, 0.29) is 52.5 Å². The fourth-order valence-electron chi connectivity index (χ4n) is 13.2. The van der Waals surface area contributed by atoms with Crippen molar-refractivity contribution in [3.05, 3.63) is 118 Å². The van der Waals surface area contributed by atoms with Crippen molar-refractivity contribution in [1.82, 2.24) is 9.80 Å². The van der Waals surface area contributed by atoms with E-state index in [1.165, 1.54) is 20.9 Å². The number of carbonyl (C=O) groups is 3. The van der Waals surface area contributed by atoms with Gasteiger partial charge < -0.3 is 20.0 Å². The number of hydrogen-bond donors (Lipinski definition) is 2. The third kappa shape index (κ3) is 8.03. The zero-order valence-corrected chi connectivity index (χ0v) is 40.1. The summed E-state index contributed by atoms with van der Waals surface area (Å²) in [5.74, 6) is -0.349. The van der Waals surface area contributed by atoms with Gasteiger partial charge in [-0.25, -0.2) is 4.79 Å². The number of urea groups is 1. The van der Waals surface area contributed by atoms with Crippen LogP contribution in [0.15, 0.2) is 107 Å². The fourth-order valence-corrected chi connectivity index (χ4v) is 13.2. The molecule has 64 heavy (non-hydrogen) atoms. The molecular formula is C55H72N4O5. The highest BCUT2D eigenvalue weighted by atomic mass is 16.3. The van der Waals surface area contributed by atoms with Crippen molar-refractivity contribution in [3.63, 3.8) is 0 Å². The van der Waals surface area contributed by atoms with Crippen LogP contribution in [-0.2, 0) is 20.4 Å². The largest absolute Gasteiger partial charge is 0.395 e. The van der Waals surface area contributed by atoms with Crippen molar-refractivity contribution in [3.8, 4) is 0 Å². The Hall–Kier alpha value is -4.73. The fraction of sp³-hybridized carbons (Fsp3) is 0.545. The summed E-state index contributed by atoms with van der Waals surface area (Å²) >= 11 is 0. The van der Waals surface area contributed by atoms with Crippen molar-refractivity contribution in [2.75, 3.05) is 36.1 Å². The van der Waals surface area contributed by atoms with Gasteiger partial charge in [0.25, 0.3) is 11.8 Å². The van der Waals surface area contributed by atoms with E-state index < -0.39 is 17.8 Å². The van der Waals surface area contributed by atoms with Crippen LogP contribution >= 0.6 is 0 Å². The van der Waals surface area contributed by atoms with E-state index in [2.05, 4.69) is 140 Å². The molecule has 342 valence electrons. The van der Waals surface area contributed by atoms with Crippen molar-refractivity contribution in [2.24, 2.45) is 22.7 Å². The lowest BCUT2D eigenvalue weighted by molar-refractivity contribution is -0.140. The van der Waals surface area contributed by atoms with Gasteiger partial charge in [0.15, 0.2) is 0 Å². The molecule has 3 heterocycles. The summed E-state index contributed by atoms with van der Waals surface area (Å²) in [7, 11) is 0. The highest BCUT2D eigenvalue weighted by molar-refractivity contribution is 6.30. The SMILES string of the molecule is CC1CC(N2C(=O)C(=C3/C(=C/C=C4/N(CCO)c5ccccc5C4(C)C)CC/C3=C\C=C3\N(CCO)c4ccccc4C3(C)C)C(=O)N(C3CC(C)CC(C)(C)C3)C2=O)CC(C)(C)C1. The monoisotopic (exact) mass is 869 g/mol. The van der Waals surface area contributed by atoms with E-state index in [0.717, 1.165) is 46.8 Å². The molecule has 4 fully saturated rings. The zero-order valence-electron chi connectivity index (χ0n) is 40.1. The molecule has 0 aromatic heterocycles. The second kappa shape index (κ2) is 16.9. The molecule has 8 rings (SSSR count). The van der Waals surface area contributed by atoms with E-state index >= 15 is 14.4 Å². The quantitative estimate of drug-likeness (QED) is 0.201. The van der Waals surface area contributed by atoms with Crippen LogP contribution in [-0.4, -0.2) is 76.2 Å². The van der Waals surface area contributed by atoms with Gasteiger partial charge in [0.2, 0.25) is 0 Å². The molecule has 0 bridgehead atoms. The number of fused-ring (bicyclic) bond motifs is 2. The first kappa shape index (κ1) is 45.8. The lowest BCUT2D eigenvalue weighted by Crippen LogP contribution is -2.64. The average molecular weight is 869 g/mol. The number of carbonyl (C=O) groups excluding carboxylic acids is 3. The van der Waals surface area contributed by atoms with Crippen LogP contribution in [0.1, 0.15) is 132 Å². The number of amides is 4. The molecule has 4 amide bonds. The van der Waals surface area contributed by atoms with Crippen molar-refractivity contribution < 1.29 is 24.6 Å². The van der Waals surface area contributed by atoms with E-state index in [0.29, 0.717) is 69.0 Å². The summed E-state index contributed by atoms with van der Waals surface area (Å²) in [6.45, 7) is 23.0. The predicted octanol–water partition coefficient (Wildman–Crippen LogP) is 10.5. The maximum atomic E-state index is 15.6. The van der Waals surface area contributed by atoms with Gasteiger partial charge in [-0.2, -0.15) is 0 Å². The summed E-state index contributed by atoms with van der Waals surface area (Å²) < 4.78 is 0. The molecular weight excluding hydrogens is 797 g/mol. The predicted molar refractivity (Wildman–Crippen MR) is 257 cm³/mol. The molecule has 0 spiro atoms. The number of para-hydroxylation sites is 2.